The average Bonchev–Trinajstić information content (AvgIpc) is 2.77. The Morgan fingerprint density at radius 1 is 1.00 bits per heavy atom. The molecule has 8 heteroatoms. The van der Waals surface area contributed by atoms with E-state index in [9.17, 15) is 9.90 Å². The van der Waals surface area contributed by atoms with Crippen LogP contribution in [0.2, 0.25) is 0 Å². The third-order valence-electron chi connectivity index (χ3n) is 4.40. The molecule has 0 heterocycles. The summed E-state index contributed by atoms with van der Waals surface area (Å²) in [6, 6.07) is 6.75. The van der Waals surface area contributed by atoms with E-state index in [1.807, 2.05) is 0 Å². The maximum atomic E-state index is 12.2. The monoisotopic (exact) mass is 417 g/mol. The molecular formula is C22H27NO7. The zero-order valence-corrected chi connectivity index (χ0v) is 17.8. The van der Waals surface area contributed by atoms with Crippen molar-refractivity contribution >= 4 is 17.2 Å². The minimum Gasteiger partial charge on any atom is -0.503 e. The maximum Gasteiger partial charge on any atom is 0.250 e. The molecule has 2 aromatic carbocycles. The number of phenols is 1. The molecule has 0 bridgehead atoms. The van der Waals surface area contributed by atoms with E-state index >= 15 is 0 Å². The van der Waals surface area contributed by atoms with Gasteiger partial charge in [0.05, 0.1) is 34.1 Å². The molecule has 0 spiro atoms. The van der Waals surface area contributed by atoms with Crippen molar-refractivity contribution in [2.75, 3.05) is 47.0 Å². The largest absolute Gasteiger partial charge is 0.503 e. The smallest absolute Gasteiger partial charge is 0.250 e. The average molecular weight is 417 g/mol. The van der Waals surface area contributed by atoms with Crippen LogP contribution in [0.3, 0.4) is 0 Å². The highest BCUT2D eigenvalue weighted by Crippen LogP contribution is 2.44. The Morgan fingerprint density at radius 2 is 1.60 bits per heavy atom. The molecule has 0 aromatic heterocycles. The van der Waals surface area contributed by atoms with Crippen molar-refractivity contribution in [3.05, 3.63) is 42.0 Å². The maximum absolute atomic E-state index is 12.2. The van der Waals surface area contributed by atoms with Gasteiger partial charge < -0.3 is 34.1 Å². The first kappa shape index (κ1) is 22.9. The van der Waals surface area contributed by atoms with Gasteiger partial charge in [-0.15, -0.1) is 0 Å². The summed E-state index contributed by atoms with van der Waals surface area (Å²) >= 11 is 0. The van der Waals surface area contributed by atoms with Gasteiger partial charge >= 0.3 is 0 Å². The zero-order chi connectivity index (χ0) is 22.3. The lowest BCUT2D eigenvalue weighted by Gasteiger charge is -2.19. The number of benzene rings is 2. The van der Waals surface area contributed by atoms with Crippen LogP contribution in [0.15, 0.2) is 30.8 Å². The Balaban J connectivity index is 2.56. The minimum absolute atomic E-state index is 0.150. The number of carbonyl (C=O) groups excluding carboxylic acids is 1. The van der Waals surface area contributed by atoms with Crippen LogP contribution in [0.4, 0.5) is 5.69 Å². The number of aromatic hydroxyl groups is 1. The van der Waals surface area contributed by atoms with Gasteiger partial charge in [-0.2, -0.15) is 0 Å². The predicted molar refractivity (Wildman–Crippen MR) is 114 cm³/mol. The summed E-state index contributed by atoms with van der Waals surface area (Å²) in [5, 5.41) is 13.3. The molecule has 0 aliphatic carbocycles. The van der Waals surface area contributed by atoms with Crippen LogP contribution < -0.4 is 24.3 Å². The number of hydrogen-bond acceptors (Lipinski definition) is 7. The molecule has 0 aliphatic heterocycles. The Labute approximate surface area is 176 Å². The quantitative estimate of drug-likeness (QED) is 0.572. The number of methoxy groups -OCH3 is 4. The van der Waals surface area contributed by atoms with Crippen molar-refractivity contribution in [3.8, 4) is 28.7 Å². The highest BCUT2D eigenvalue weighted by Gasteiger charge is 2.21. The molecule has 2 aromatic rings. The Bertz CT molecular complexity index is 899. The second kappa shape index (κ2) is 10.4. The summed E-state index contributed by atoms with van der Waals surface area (Å²) in [5.74, 6) is 0.927. The van der Waals surface area contributed by atoms with Gasteiger partial charge in [-0.25, -0.2) is 0 Å². The molecule has 0 unspecified atom stereocenters. The molecule has 162 valence electrons. The van der Waals surface area contributed by atoms with E-state index < -0.39 is 5.91 Å². The van der Waals surface area contributed by atoms with Gasteiger partial charge in [0, 0.05) is 12.2 Å². The molecule has 1 amide bonds. The predicted octanol–water partition coefficient (Wildman–Crippen LogP) is 3.46. The van der Waals surface area contributed by atoms with Crippen LogP contribution in [0.5, 0.6) is 28.7 Å². The lowest BCUT2D eigenvalue weighted by atomic mass is 9.96. The lowest BCUT2D eigenvalue weighted by Crippen LogP contribution is -2.19. The number of rotatable bonds is 10. The molecule has 0 fully saturated rings. The van der Waals surface area contributed by atoms with E-state index in [0.717, 1.165) is 0 Å². The van der Waals surface area contributed by atoms with E-state index in [-0.39, 0.29) is 23.8 Å². The summed E-state index contributed by atoms with van der Waals surface area (Å²) < 4.78 is 26.5. The summed E-state index contributed by atoms with van der Waals surface area (Å²) in [5.41, 5.74) is 1.82. The molecular weight excluding hydrogens is 390 g/mol. The fourth-order valence-corrected chi connectivity index (χ4v) is 2.90. The number of amides is 1. The van der Waals surface area contributed by atoms with Gasteiger partial charge in [-0.05, 0) is 42.3 Å². The molecule has 0 saturated heterocycles. The number of anilines is 1. The number of phenolic OH excluding ortho intramolecular Hbond substituents is 1. The number of hydrogen-bond donors (Lipinski definition) is 2. The topological polar surface area (TPSA) is 95.5 Å². The number of ether oxygens (including phenoxy) is 5. The fourth-order valence-electron chi connectivity index (χ4n) is 2.90. The van der Waals surface area contributed by atoms with Crippen LogP contribution >= 0.6 is 0 Å². The van der Waals surface area contributed by atoms with Crippen LogP contribution in [0.1, 0.15) is 18.1 Å². The van der Waals surface area contributed by atoms with Crippen molar-refractivity contribution < 1.29 is 33.6 Å². The van der Waals surface area contributed by atoms with Gasteiger partial charge in [-0.1, -0.05) is 6.58 Å². The molecule has 2 rings (SSSR count). The van der Waals surface area contributed by atoms with E-state index in [1.54, 1.807) is 31.2 Å². The SMILES string of the molecule is C=C(c1cc(OC)c(OC)c(OC)c1)c1ccc(OC)c(O)c1NC(=O)COCC. The van der Waals surface area contributed by atoms with Crippen molar-refractivity contribution in [1.82, 2.24) is 0 Å². The summed E-state index contributed by atoms with van der Waals surface area (Å²) in [4.78, 5) is 12.2. The molecule has 2 N–H and O–H groups in total. The summed E-state index contributed by atoms with van der Waals surface area (Å²) in [6.07, 6.45) is 0. The molecule has 30 heavy (non-hydrogen) atoms. The van der Waals surface area contributed by atoms with Crippen LogP contribution in [-0.4, -0.2) is 52.7 Å². The molecule has 8 nitrogen and oxygen atoms in total. The van der Waals surface area contributed by atoms with E-state index in [0.29, 0.717) is 40.6 Å². The highest BCUT2D eigenvalue weighted by atomic mass is 16.5. The van der Waals surface area contributed by atoms with Gasteiger partial charge in [0.1, 0.15) is 6.61 Å². The Hall–Kier alpha value is -3.39. The second-order valence-electron chi connectivity index (χ2n) is 6.12. The standard InChI is InChI=1S/C22H27NO7/c1-7-30-12-19(24)23-20-15(8-9-16(26-3)21(20)25)13(2)14-10-17(27-4)22(29-6)18(11-14)28-5/h8-11,25H,2,7,12H2,1,3-6H3,(H,23,24). The second-order valence-corrected chi connectivity index (χ2v) is 6.12. The van der Waals surface area contributed by atoms with E-state index in [1.165, 1.54) is 28.4 Å². The van der Waals surface area contributed by atoms with Crippen molar-refractivity contribution in [2.24, 2.45) is 0 Å². The number of carbonyl (C=O) groups is 1. The van der Waals surface area contributed by atoms with E-state index in [2.05, 4.69) is 11.9 Å². The fraction of sp³-hybridized carbons (Fsp3) is 0.318. The highest BCUT2D eigenvalue weighted by molar-refractivity contribution is 5.99. The van der Waals surface area contributed by atoms with Crippen LogP contribution in [-0.2, 0) is 9.53 Å². The number of nitrogens with one attached hydrogen (secondary N) is 1. The van der Waals surface area contributed by atoms with Gasteiger partial charge in [-0.3, -0.25) is 4.79 Å². The molecule has 0 atom stereocenters. The normalized spacial score (nSPS) is 10.3. The molecule has 0 aliphatic rings. The molecule has 0 saturated carbocycles. The van der Waals surface area contributed by atoms with E-state index in [4.69, 9.17) is 23.7 Å². The summed E-state index contributed by atoms with van der Waals surface area (Å²) in [7, 11) is 5.97. The third-order valence-corrected chi connectivity index (χ3v) is 4.40. The van der Waals surface area contributed by atoms with Gasteiger partial charge in [0.25, 0.3) is 0 Å². The molecule has 0 radical (unpaired) electrons. The lowest BCUT2D eigenvalue weighted by molar-refractivity contribution is -0.120. The minimum atomic E-state index is -0.417. The Kier molecular flexibility index (Phi) is 7.94. The van der Waals surface area contributed by atoms with Gasteiger partial charge in [0.2, 0.25) is 11.7 Å². The summed E-state index contributed by atoms with van der Waals surface area (Å²) in [6.45, 7) is 6.17. The van der Waals surface area contributed by atoms with Crippen LogP contribution in [0.25, 0.3) is 5.57 Å². The van der Waals surface area contributed by atoms with Crippen molar-refractivity contribution in [2.45, 2.75) is 6.92 Å². The first-order valence-corrected chi connectivity index (χ1v) is 9.18. The van der Waals surface area contributed by atoms with Crippen LogP contribution in [0, 0.1) is 0 Å². The van der Waals surface area contributed by atoms with Crippen molar-refractivity contribution in [3.63, 3.8) is 0 Å². The third kappa shape index (κ3) is 4.77. The Morgan fingerprint density at radius 3 is 2.10 bits per heavy atom. The zero-order valence-electron chi connectivity index (χ0n) is 17.8. The first-order chi connectivity index (χ1) is 14.4. The first-order valence-electron chi connectivity index (χ1n) is 9.18. The van der Waals surface area contributed by atoms with Crippen molar-refractivity contribution in [1.29, 1.82) is 0 Å². The van der Waals surface area contributed by atoms with Gasteiger partial charge in [0.15, 0.2) is 23.0 Å².